The highest BCUT2D eigenvalue weighted by atomic mass is 32.2. The third-order valence-electron chi connectivity index (χ3n) is 3.67. The van der Waals surface area contributed by atoms with Gasteiger partial charge in [0, 0.05) is 14.1 Å². The summed E-state index contributed by atoms with van der Waals surface area (Å²) in [6, 6.07) is 3.29. The second-order valence-electron chi connectivity index (χ2n) is 5.36. The molecule has 122 valence electrons. The molecule has 0 radical (unpaired) electrons. The lowest BCUT2D eigenvalue weighted by Crippen LogP contribution is -2.31. The van der Waals surface area contributed by atoms with Crippen molar-refractivity contribution in [3.05, 3.63) is 36.7 Å². The predicted octanol–water partition coefficient (Wildman–Crippen LogP) is 2.62. The maximum Gasteiger partial charge on any atom is 0.242 e. The van der Waals surface area contributed by atoms with E-state index in [9.17, 15) is 17.6 Å². The molecule has 0 fully saturated rings. The molecule has 0 bridgehead atoms. The van der Waals surface area contributed by atoms with Gasteiger partial charge in [-0.3, -0.25) is 4.79 Å². The molecule has 0 heterocycles. The number of amides is 1. The molecule has 22 heavy (non-hydrogen) atoms. The molecule has 0 aliphatic heterocycles. The summed E-state index contributed by atoms with van der Waals surface area (Å²) in [6.45, 7) is 7.10. The van der Waals surface area contributed by atoms with Gasteiger partial charge < -0.3 is 5.32 Å². The highest BCUT2D eigenvalue weighted by Gasteiger charge is 2.29. The van der Waals surface area contributed by atoms with Crippen LogP contribution in [0.15, 0.2) is 35.7 Å². The van der Waals surface area contributed by atoms with E-state index in [1.165, 1.54) is 20.2 Å². The minimum absolute atomic E-state index is 0.0917. The fourth-order valence-electron chi connectivity index (χ4n) is 1.63. The first-order chi connectivity index (χ1) is 10.1. The van der Waals surface area contributed by atoms with Crippen molar-refractivity contribution in [2.75, 3.05) is 19.4 Å². The Bertz CT molecular complexity index is 686. The van der Waals surface area contributed by atoms with Gasteiger partial charge in [-0.1, -0.05) is 13.0 Å². The van der Waals surface area contributed by atoms with Crippen LogP contribution in [0.2, 0.25) is 0 Å². The number of sulfonamides is 1. The average Bonchev–Trinajstić information content (AvgIpc) is 2.48. The number of anilines is 1. The van der Waals surface area contributed by atoms with E-state index < -0.39 is 27.2 Å². The molecule has 1 unspecified atom stereocenters. The van der Waals surface area contributed by atoms with E-state index in [0.29, 0.717) is 6.42 Å². The number of hydrogen-bond donors (Lipinski definition) is 1. The molecule has 0 saturated heterocycles. The Balaban J connectivity index is 3.22. The Hall–Kier alpha value is -1.73. The molecule has 1 aromatic carbocycles. The molecule has 7 heteroatoms. The van der Waals surface area contributed by atoms with Crippen LogP contribution >= 0.6 is 0 Å². The minimum atomic E-state index is -3.70. The first kappa shape index (κ1) is 18.3. The lowest BCUT2D eigenvalue weighted by Gasteiger charge is -2.23. The van der Waals surface area contributed by atoms with E-state index >= 15 is 0 Å². The molecule has 0 saturated carbocycles. The van der Waals surface area contributed by atoms with E-state index in [4.69, 9.17) is 0 Å². The normalized spacial score (nSPS) is 14.5. The summed E-state index contributed by atoms with van der Waals surface area (Å²) in [5.41, 5.74) is -1.03. The van der Waals surface area contributed by atoms with Gasteiger partial charge in [0.05, 0.1) is 16.0 Å². The summed E-state index contributed by atoms with van der Waals surface area (Å²) in [6.07, 6.45) is 1.97. The van der Waals surface area contributed by atoms with Crippen molar-refractivity contribution in [2.45, 2.75) is 25.2 Å². The van der Waals surface area contributed by atoms with Crippen molar-refractivity contribution in [3.8, 4) is 0 Å². The topological polar surface area (TPSA) is 66.5 Å². The van der Waals surface area contributed by atoms with E-state index in [0.717, 1.165) is 22.5 Å². The number of nitrogens with zero attached hydrogens (tertiary/aromatic N) is 1. The van der Waals surface area contributed by atoms with Crippen LogP contribution in [-0.4, -0.2) is 32.7 Å². The number of halogens is 1. The molecular weight excluding hydrogens is 307 g/mol. The largest absolute Gasteiger partial charge is 0.323 e. The van der Waals surface area contributed by atoms with Gasteiger partial charge in [-0.05, 0) is 31.5 Å². The Labute approximate surface area is 130 Å². The molecule has 0 aliphatic carbocycles. The van der Waals surface area contributed by atoms with Crippen LogP contribution in [0.4, 0.5) is 10.1 Å². The van der Waals surface area contributed by atoms with Crippen molar-refractivity contribution >= 4 is 21.6 Å². The van der Waals surface area contributed by atoms with Crippen LogP contribution in [-0.2, 0) is 14.8 Å². The lowest BCUT2D eigenvalue weighted by molar-refractivity contribution is -0.122. The maximum atomic E-state index is 13.9. The number of nitrogens with one attached hydrogen (secondary N) is 1. The molecule has 0 aromatic heterocycles. The van der Waals surface area contributed by atoms with Gasteiger partial charge in [-0.15, -0.1) is 6.58 Å². The van der Waals surface area contributed by atoms with E-state index in [-0.39, 0.29) is 10.6 Å². The summed E-state index contributed by atoms with van der Waals surface area (Å²) in [5, 5.41) is 2.44. The molecule has 1 aromatic rings. The number of carbonyl (C=O) groups is 1. The Morgan fingerprint density at radius 3 is 2.50 bits per heavy atom. The molecule has 1 N–H and O–H groups in total. The van der Waals surface area contributed by atoms with E-state index in [2.05, 4.69) is 11.9 Å². The Morgan fingerprint density at radius 1 is 1.45 bits per heavy atom. The first-order valence-corrected chi connectivity index (χ1v) is 8.19. The summed E-state index contributed by atoms with van der Waals surface area (Å²) in [4.78, 5) is 12.1. The third kappa shape index (κ3) is 3.53. The van der Waals surface area contributed by atoms with E-state index in [1.54, 1.807) is 6.92 Å². The quantitative estimate of drug-likeness (QED) is 0.816. The molecule has 1 atom stereocenters. The number of benzene rings is 1. The second kappa shape index (κ2) is 6.58. The van der Waals surface area contributed by atoms with Crippen molar-refractivity contribution in [1.29, 1.82) is 0 Å². The zero-order valence-corrected chi connectivity index (χ0v) is 14.0. The summed E-state index contributed by atoms with van der Waals surface area (Å²) >= 11 is 0. The average molecular weight is 328 g/mol. The van der Waals surface area contributed by atoms with Crippen molar-refractivity contribution in [1.82, 2.24) is 4.31 Å². The third-order valence-corrected chi connectivity index (χ3v) is 5.48. The van der Waals surface area contributed by atoms with Crippen LogP contribution in [0, 0.1) is 11.2 Å². The second-order valence-corrected chi connectivity index (χ2v) is 7.51. The number of carbonyl (C=O) groups excluding carboxylic acids is 1. The molecule has 1 rings (SSSR count). The first-order valence-electron chi connectivity index (χ1n) is 6.75. The fraction of sp³-hybridized carbons (Fsp3) is 0.400. The van der Waals surface area contributed by atoms with Crippen LogP contribution in [0.25, 0.3) is 0 Å². The van der Waals surface area contributed by atoms with Gasteiger partial charge >= 0.3 is 0 Å². The van der Waals surface area contributed by atoms with Gasteiger partial charge in [-0.25, -0.2) is 17.1 Å². The lowest BCUT2D eigenvalue weighted by atomic mass is 9.87. The van der Waals surface area contributed by atoms with Gasteiger partial charge in [0.1, 0.15) is 5.82 Å². The van der Waals surface area contributed by atoms with Gasteiger partial charge in [0.2, 0.25) is 15.9 Å². The van der Waals surface area contributed by atoms with Gasteiger partial charge in [0.15, 0.2) is 0 Å². The smallest absolute Gasteiger partial charge is 0.242 e. The number of hydrogen-bond acceptors (Lipinski definition) is 3. The Kier molecular flexibility index (Phi) is 5.48. The Morgan fingerprint density at radius 2 is 2.05 bits per heavy atom. The summed E-state index contributed by atoms with van der Waals surface area (Å²) < 4.78 is 39.0. The molecular formula is C15H21FN2O3S. The fourth-order valence-corrected chi connectivity index (χ4v) is 2.56. The molecule has 0 spiro atoms. The van der Waals surface area contributed by atoms with Crippen LogP contribution in [0.1, 0.15) is 20.3 Å². The molecule has 1 amide bonds. The predicted molar refractivity (Wildman–Crippen MR) is 84.5 cm³/mol. The molecule has 5 nitrogen and oxygen atoms in total. The zero-order valence-electron chi connectivity index (χ0n) is 13.2. The van der Waals surface area contributed by atoms with Crippen molar-refractivity contribution in [3.63, 3.8) is 0 Å². The number of rotatable bonds is 6. The minimum Gasteiger partial charge on any atom is -0.323 e. The van der Waals surface area contributed by atoms with E-state index in [1.807, 2.05) is 6.92 Å². The maximum absolute atomic E-state index is 13.9. The highest BCUT2D eigenvalue weighted by Crippen LogP contribution is 2.27. The van der Waals surface area contributed by atoms with Crippen LogP contribution in [0.3, 0.4) is 0 Å². The van der Waals surface area contributed by atoms with Crippen molar-refractivity contribution in [2.24, 2.45) is 5.41 Å². The van der Waals surface area contributed by atoms with Crippen molar-refractivity contribution < 1.29 is 17.6 Å². The molecule has 0 aliphatic rings. The van der Waals surface area contributed by atoms with Gasteiger partial charge in [-0.2, -0.15) is 0 Å². The van der Waals surface area contributed by atoms with Gasteiger partial charge in [0.25, 0.3) is 0 Å². The SMILES string of the molecule is C=CC(C)(CC)C(=O)Nc1cc(S(=O)(=O)N(C)C)ccc1F. The monoisotopic (exact) mass is 328 g/mol. The standard InChI is InChI=1S/C15H21FN2O3S/c1-6-15(3,7-2)14(19)17-13-10-11(8-9-12(13)16)22(20,21)18(4)5/h6,8-10H,1,7H2,2-5H3,(H,17,19). The summed E-state index contributed by atoms with van der Waals surface area (Å²) in [7, 11) is -0.948. The summed E-state index contributed by atoms with van der Waals surface area (Å²) in [5.74, 6) is -1.14. The highest BCUT2D eigenvalue weighted by molar-refractivity contribution is 7.89. The van der Waals surface area contributed by atoms with Crippen LogP contribution < -0.4 is 5.32 Å². The zero-order chi connectivity index (χ0) is 17.1. The van der Waals surface area contributed by atoms with Crippen LogP contribution in [0.5, 0.6) is 0 Å².